The zero-order chi connectivity index (χ0) is 9.68. The van der Waals surface area contributed by atoms with E-state index in [1.54, 1.807) is 7.11 Å². The molecule has 1 aliphatic rings. The van der Waals surface area contributed by atoms with Gasteiger partial charge in [-0.3, -0.25) is 0 Å². The van der Waals surface area contributed by atoms with E-state index in [1.807, 2.05) is 0 Å². The Bertz CT molecular complexity index is 169. The highest BCUT2D eigenvalue weighted by Crippen LogP contribution is 2.32. The van der Waals surface area contributed by atoms with E-state index in [-0.39, 0.29) is 0 Å². The van der Waals surface area contributed by atoms with Crippen molar-refractivity contribution in [1.82, 2.24) is 5.32 Å². The van der Waals surface area contributed by atoms with Crippen LogP contribution in [-0.2, 0) is 4.74 Å². The maximum Gasteiger partial charge on any atom is 0.0618 e. The fourth-order valence-corrected chi connectivity index (χ4v) is 1.45. The SMILES string of the molecule is COCC(NCC=C(C)C)C1CC1. The summed E-state index contributed by atoms with van der Waals surface area (Å²) < 4.78 is 5.18. The Labute approximate surface area is 81.4 Å². The number of hydrogen-bond acceptors (Lipinski definition) is 2. The van der Waals surface area contributed by atoms with Gasteiger partial charge in [0.2, 0.25) is 0 Å². The summed E-state index contributed by atoms with van der Waals surface area (Å²) in [5.74, 6) is 0.866. The molecule has 1 aliphatic carbocycles. The predicted octanol–water partition coefficient (Wildman–Crippen LogP) is 1.97. The third-order valence-electron chi connectivity index (χ3n) is 2.43. The molecule has 13 heavy (non-hydrogen) atoms. The normalized spacial score (nSPS) is 18.4. The predicted molar refractivity (Wildman–Crippen MR) is 55.8 cm³/mol. The van der Waals surface area contributed by atoms with Gasteiger partial charge in [0, 0.05) is 19.7 Å². The molecule has 0 saturated heterocycles. The Morgan fingerprint density at radius 2 is 2.23 bits per heavy atom. The number of hydrogen-bond donors (Lipinski definition) is 1. The van der Waals surface area contributed by atoms with Crippen LogP contribution < -0.4 is 5.32 Å². The van der Waals surface area contributed by atoms with Crippen LogP contribution in [0.5, 0.6) is 0 Å². The van der Waals surface area contributed by atoms with E-state index in [2.05, 4.69) is 25.2 Å². The van der Waals surface area contributed by atoms with Crippen LogP contribution in [0.3, 0.4) is 0 Å². The minimum atomic E-state index is 0.570. The first-order valence-corrected chi connectivity index (χ1v) is 5.09. The lowest BCUT2D eigenvalue weighted by molar-refractivity contribution is 0.159. The molecule has 2 heteroatoms. The highest BCUT2D eigenvalue weighted by atomic mass is 16.5. The van der Waals surface area contributed by atoms with Crippen LogP contribution in [0, 0.1) is 5.92 Å². The van der Waals surface area contributed by atoms with Crippen LogP contribution in [0.25, 0.3) is 0 Å². The Morgan fingerprint density at radius 1 is 1.54 bits per heavy atom. The Hall–Kier alpha value is -0.340. The van der Waals surface area contributed by atoms with Crippen LogP contribution in [-0.4, -0.2) is 26.3 Å². The average molecular weight is 183 g/mol. The summed E-state index contributed by atoms with van der Waals surface area (Å²) in [7, 11) is 1.78. The van der Waals surface area contributed by atoms with E-state index >= 15 is 0 Å². The molecule has 76 valence electrons. The van der Waals surface area contributed by atoms with Crippen molar-refractivity contribution in [3.05, 3.63) is 11.6 Å². The van der Waals surface area contributed by atoms with Gasteiger partial charge in [-0.15, -0.1) is 0 Å². The molecule has 1 rings (SSSR count). The summed E-state index contributed by atoms with van der Waals surface area (Å²) in [6.45, 7) is 6.09. The molecule has 0 radical (unpaired) electrons. The number of nitrogens with one attached hydrogen (secondary N) is 1. The fourth-order valence-electron chi connectivity index (χ4n) is 1.45. The third kappa shape index (κ3) is 4.44. The van der Waals surface area contributed by atoms with Crippen molar-refractivity contribution in [2.24, 2.45) is 5.92 Å². The quantitative estimate of drug-likeness (QED) is 0.636. The van der Waals surface area contributed by atoms with Crippen LogP contribution in [0.15, 0.2) is 11.6 Å². The van der Waals surface area contributed by atoms with Crippen molar-refractivity contribution >= 4 is 0 Å². The lowest BCUT2D eigenvalue weighted by atomic mass is 10.2. The standard InChI is InChI=1S/C11H21NO/c1-9(2)6-7-12-11(8-13-3)10-4-5-10/h6,10-12H,4-5,7-8H2,1-3H3. The van der Waals surface area contributed by atoms with Gasteiger partial charge in [0.15, 0.2) is 0 Å². The second-order valence-electron chi connectivity index (χ2n) is 4.09. The lowest BCUT2D eigenvalue weighted by Gasteiger charge is -2.15. The minimum Gasteiger partial charge on any atom is -0.383 e. The topological polar surface area (TPSA) is 21.3 Å². The fraction of sp³-hybridized carbons (Fsp3) is 0.818. The van der Waals surface area contributed by atoms with Crippen LogP contribution in [0.2, 0.25) is 0 Å². The van der Waals surface area contributed by atoms with Crippen LogP contribution in [0.4, 0.5) is 0 Å². The molecule has 0 aromatic rings. The molecule has 0 aromatic carbocycles. The van der Waals surface area contributed by atoms with Gasteiger partial charge in [0.25, 0.3) is 0 Å². The monoisotopic (exact) mass is 183 g/mol. The van der Waals surface area contributed by atoms with E-state index in [0.717, 1.165) is 19.1 Å². The Kier molecular flexibility index (Phi) is 4.46. The zero-order valence-corrected chi connectivity index (χ0v) is 8.97. The maximum absolute atomic E-state index is 5.18. The Balaban J connectivity index is 2.18. The van der Waals surface area contributed by atoms with Crippen molar-refractivity contribution in [2.75, 3.05) is 20.3 Å². The highest BCUT2D eigenvalue weighted by Gasteiger charge is 2.30. The van der Waals surface area contributed by atoms with Gasteiger partial charge in [-0.25, -0.2) is 0 Å². The van der Waals surface area contributed by atoms with Gasteiger partial charge in [-0.05, 0) is 32.6 Å². The lowest BCUT2D eigenvalue weighted by Crippen LogP contribution is -2.35. The second kappa shape index (κ2) is 5.40. The molecule has 1 atom stereocenters. The average Bonchev–Trinajstić information content (AvgIpc) is 2.84. The first-order chi connectivity index (χ1) is 6.24. The summed E-state index contributed by atoms with van der Waals surface area (Å²) in [6, 6.07) is 0.570. The largest absolute Gasteiger partial charge is 0.383 e. The van der Waals surface area contributed by atoms with Crippen molar-refractivity contribution in [2.45, 2.75) is 32.7 Å². The van der Waals surface area contributed by atoms with E-state index in [0.29, 0.717) is 6.04 Å². The van der Waals surface area contributed by atoms with E-state index in [4.69, 9.17) is 4.74 Å². The first kappa shape index (κ1) is 10.7. The van der Waals surface area contributed by atoms with Crippen molar-refractivity contribution < 1.29 is 4.74 Å². The van der Waals surface area contributed by atoms with Crippen LogP contribution >= 0.6 is 0 Å². The van der Waals surface area contributed by atoms with Crippen molar-refractivity contribution in [1.29, 1.82) is 0 Å². The summed E-state index contributed by atoms with van der Waals surface area (Å²) in [5.41, 5.74) is 1.37. The first-order valence-electron chi connectivity index (χ1n) is 5.09. The molecule has 1 saturated carbocycles. The molecule has 0 aliphatic heterocycles. The molecule has 1 N–H and O–H groups in total. The zero-order valence-electron chi connectivity index (χ0n) is 8.97. The number of ether oxygens (including phenoxy) is 1. The molecule has 0 amide bonds. The van der Waals surface area contributed by atoms with Crippen LogP contribution in [0.1, 0.15) is 26.7 Å². The maximum atomic E-state index is 5.18. The molecule has 0 heterocycles. The molecule has 1 fully saturated rings. The minimum absolute atomic E-state index is 0.570. The van der Waals surface area contributed by atoms with E-state index < -0.39 is 0 Å². The third-order valence-corrected chi connectivity index (χ3v) is 2.43. The smallest absolute Gasteiger partial charge is 0.0618 e. The molecule has 1 unspecified atom stereocenters. The van der Waals surface area contributed by atoms with Gasteiger partial charge < -0.3 is 10.1 Å². The van der Waals surface area contributed by atoms with Crippen molar-refractivity contribution in [3.63, 3.8) is 0 Å². The van der Waals surface area contributed by atoms with Gasteiger partial charge in [0.1, 0.15) is 0 Å². The molecular weight excluding hydrogens is 162 g/mol. The number of methoxy groups -OCH3 is 1. The molecular formula is C11H21NO. The van der Waals surface area contributed by atoms with Gasteiger partial charge in [-0.1, -0.05) is 11.6 Å². The number of rotatable bonds is 6. The molecule has 0 spiro atoms. The summed E-state index contributed by atoms with van der Waals surface area (Å²) in [6.07, 6.45) is 4.97. The van der Waals surface area contributed by atoms with Gasteiger partial charge >= 0.3 is 0 Å². The molecule has 2 nitrogen and oxygen atoms in total. The number of allylic oxidation sites excluding steroid dienone is 1. The highest BCUT2D eigenvalue weighted by molar-refractivity contribution is 4.96. The van der Waals surface area contributed by atoms with E-state index in [9.17, 15) is 0 Å². The van der Waals surface area contributed by atoms with Gasteiger partial charge in [-0.2, -0.15) is 0 Å². The summed E-state index contributed by atoms with van der Waals surface area (Å²) in [4.78, 5) is 0. The molecule has 0 aromatic heterocycles. The second-order valence-corrected chi connectivity index (χ2v) is 4.09. The van der Waals surface area contributed by atoms with Crippen molar-refractivity contribution in [3.8, 4) is 0 Å². The summed E-state index contributed by atoms with van der Waals surface area (Å²) >= 11 is 0. The summed E-state index contributed by atoms with van der Waals surface area (Å²) in [5, 5.41) is 3.51. The van der Waals surface area contributed by atoms with Gasteiger partial charge in [0.05, 0.1) is 6.61 Å². The van der Waals surface area contributed by atoms with E-state index in [1.165, 1.54) is 18.4 Å². The Morgan fingerprint density at radius 3 is 2.69 bits per heavy atom. The molecule has 0 bridgehead atoms.